The molecule has 3 aromatic rings. The first kappa shape index (κ1) is 18.6. The summed E-state index contributed by atoms with van der Waals surface area (Å²) < 4.78 is 5.81. The number of benzene rings is 1. The Balaban J connectivity index is 1.61. The van der Waals surface area contributed by atoms with Gasteiger partial charge in [-0.3, -0.25) is 4.79 Å². The van der Waals surface area contributed by atoms with Crippen LogP contribution in [0.3, 0.4) is 0 Å². The molecule has 0 fully saturated rings. The van der Waals surface area contributed by atoms with E-state index in [1.165, 1.54) is 16.9 Å². The third kappa shape index (κ3) is 4.93. The second-order valence-electron chi connectivity index (χ2n) is 6.04. The molecular weight excluding hydrogens is 364 g/mol. The van der Waals surface area contributed by atoms with Gasteiger partial charge < -0.3 is 9.64 Å². The van der Waals surface area contributed by atoms with E-state index < -0.39 is 0 Å². The summed E-state index contributed by atoms with van der Waals surface area (Å²) >= 11 is 3.05. The van der Waals surface area contributed by atoms with Crippen molar-refractivity contribution in [3.05, 3.63) is 68.3 Å². The van der Waals surface area contributed by atoms with E-state index in [9.17, 15) is 4.79 Å². The van der Waals surface area contributed by atoms with E-state index in [2.05, 4.69) is 11.9 Å². The lowest BCUT2D eigenvalue weighted by atomic mass is 10.2. The van der Waals surface area contributed by atoms with Crippen LogP contribution < -0.4 is 4.74 Å². The number of carbonyl (C=O) groups is 1. The number of aromatic nitrogens is 1. The van der Waals surface area contributed by atoms with Gasteiger partial charge in [0.1, 0.15) is 17.4 Å². The van der Waals surface area contributed by atoms with Crippen LogP contribution >= 0.6 is 22.7 Å². The average Bonchev–Trinajstić information content (AvgIpc) is 3.31. The lowest BCUT2D eigenvalue weighted by Gasteiger charge is -2.20. The highest BCUT2D eigenvalue weighted by molar-refractivity contribution is 7.12. The Hall–Kier alpha value is -2.18. The topological polar surface area (TPSA) is 42.4 Å². The normalized spacial score (nSPS) is 10.7. The van der Waals surface area contributed by atoms with E-state index in [1.807, 2.05) is 59.0 Å². The number of amides is 1. The maximum Gasteiger partial charge on any atom is 0.264 e. The molecule has 0 bridgehead atoms. The molecule has 2 aromatic heterocycles. The minimum Gasteiger partial charge on any atom is -0.486 e. The molecule has 0 radical (unpaired) electrons. The van der Waals surface area contributed by atoms with E-state index in [1.54, 1.807) is 11.3 Å². The summed E-state index contributed by atoms with van der Waals surface area (Å²) in [6.07, 6.45) is 0.921. The molecule has 1 amide bonds. The molecule has 3 rings (SSSR count). The molecule has 0 atom stereocenters. The van der Waals surface area contributed by atoms with E-state index in [-0.39, 0.29) is 5.91 Å². The van der Waals surface area contributed by atoms with Crippen LogP contribution in [0, 0.1) is 6.92 Å². The number of nitrogens with zero attached hydrogens (tertiary/aromatic N) is 2. The van der Waals surface area contributed by atoms with Gasteiger partial charge in [-0.1, -0.05) is 25.1 Å². The van der Waals surface area contributed by atoms with Crippen molar-refractivity contribution in [2.45, 2.75) is 33.4 Å². The summed E-state index contributed by atoms with van der Waals surface area (Å²) in [5.41, 5.74) is 2.08. The Kier molecular flexibility index (Phi) is 6.41. The molecule has 26 heavy (non-hydrogen) atoms. The van der Waals surface area contributed by atoms with Gasteiger partial charge in [0, 0.05) is 11.9 Å². The third-order valence-electron chi connectivity index (χ3n) is 3.82. The minimum atomic E-state index is 0.0763. The quantitative estimate of drug-likeness (QED) is 0.538. The van der Waals surface area contributed by atoms with Crippen molar-refractivity contribution < 1.29 is 9.53 Å². The monoisotopic (exact) mass is 386 g/mol. The number of aryl methyl sites for hydroxylation is 1. The highest BCUT2D eigenvalue weighted by Crippen LogP contribution is 2.19. The first-order valence-electron chi connectivity index (χ1n) is 8.61. The first-order chi connectivity index (χ1) is 12.7. The van der Waals surface area contributed by atoms with Crippen LogP contribution in [0.15, 0.2) is 47.2 Å². The SMILES string of the molecule is CCCN(Cc1csc(COc2cccc(C)c2)n1)C(=O)c1cccs1. The molecule has 0 saturated heterocycles. The standard InChI is InChI=1S/C20H22N2O2S2/c1-3-9-22(20(23)18-8-5-10-25-18)12-16-14-26-19(21-16)13-24-17-7-4-6-15(2)11-17/h4-8,10-11,14H,3,9,12-13H2,1-2H3. The number of thiazole rings is 1. The summed E-state index contributed by atoms with van der Waals surface area (Å²) in [6.45, 7) is 5.83. The van der Waals surface area contributed by atoms with Crippen LogP contribution in [0.25, 0.3) is 0 Å². The molecule has 0 saturated carbocycles. The smallest absolute Gasteiger partial charge is 0.264 e. The number of hydrogen-bond donors (Lipinski definition) is 0. The van der Waals surface area contributed by atoms with Crippen molar-refractivity contribution in [1.82, 2.24) is 9.88 Å². The Morgan fingerprint density at radius 1 is 1.23 bits per heavy atom. The zero-order valence-corrected chi connectivity index (χ0v) is 16.6. The van der Waals surface area contributed by atoms with E-state index in [4.69, 9.17) is 4.74 Å². The zero-order chi connectivity index (χ0) is 18.4. The van der Waals surface area contributed by atoms with Gasteiger partial charge in [0.2, 0.25) is 0 Å². The lowest BCUT2D eigenvalue weighted by Crippen LogP contribution is -2.30. The van der Waals surface area contributed by atoms with E-state index in [0.29, 0.717) is 13.2 Å². The first-order valence-corrected chi connectivity index (χ1v) is 10.4. The molecule has 6 heteroatoms. The maximum atomic E-state index is 12.6. The zero-order valence-electron chi connectivity index (χ0n) is 15.0. The fourth-order valence-electron chi connectivity index (χ4n) is 2.61. The van der Waals surface area contributed by atoms with Gasteiger partial charge in [0.05, 0.1) is 17.1 Å². The van der Waals surface area contributed by atoms with Gasteiger partial charge >= 0.3 is 0 Å². The Morgan fingerprint density at radius 3 is 2.85 bits per heavy atom. The van der Waals surface area contributed by atoms with Crippen molar-refractivity contribution >= 4 is 28.6 Å². The van der Waals surface area contributed by atoms with Gasteiger partial charge in [-0.2, -0.15) is 0 Å². The van der Waals surface area contributed by atoms with E-state index in [0.717, 1.165) is 34.3 Å². The molecule has 1 aromatic carbocycles. The molecule has 0 aliphatic rings. The van der Waals surface area contributed by atoms with Crippen molar-refractivity contribution in [3.8, 4) is 5.75 Å². The third-order valence-corrected chi connectivity index (χ3v) is 5.55. The van der Waals surface area contributed by atoms with Crippen LogP contribution in [0.4, 0.5) is 0 Å². The number of carbonyl (C=O) groups excluding carboxylic acids is 1. The van der Waals surface area contributed by atoms with Crippen molar-refractivity contribution in [1.29, 1.82) is 0 Å². The Bertz CT molecular complexity index is 843. The summed E-state index contributed by atoms with van der Waals surface area (Å²) in [5, 5.41) is 4.86. The van der Waals surface area contributed by atoms with Crippen molar-refractivity contribution in [2.75, 3.05) is 6.54 Å². The fourth-order valence-corrected chi connectivity index (χ4v) is 4.00. The predicted molar refractivity (Wildman–Crippen MR) is 107 cm³/mol. The van der Waals surface area contributed by atoms with Gasteiger partial charge in [-0.15, -0.1) is 22.7 Å². The second-order valence-corrected chi connectivity index (χ2v) is 7.93. The van der Waals surface area contributed by atoms with Crippen molar-refractivity contribution in [3.63, 3.8) is 0 Å². The highest BCUT2D eigenvalue weighted by Gasteiger charge is 2.17. The molecule has 0 unspecified atom stereocenters. The number of thiophene rings is 1. The number of hydrogen-bond acceptors (Lipinski definition) is 5. The molecule has 4 nitrogen and oxygen atoms in total. The van der Waals surface area contributed by atoms with Crippen LogP contribution in [-0.4, -0.2) is 22.3 Å². The predicted octanol–water partition coefficient (Wildman–Crippen LogP) is 5.14. The molecule has 0 aliphatic heterocycles. The Morgan fingerprint density at radius 2 is 2.12 bits per heavy atom. The second kappa shape index (κ2) is 8.96. The Labute approximate surface area is 162 Å². The average molecular weight is 387 g/mol. The van der Waals surface area contributed by atoms with Crippen LogP contribution in [0.5, 0.6) is 5.75 Å². The van der Waals surface area contributed by atoms with E-state index >= 15 is 0 Å². The van der Waals surface area contributed by atoms with Crippen molar-refractivity contribution in [2.24, 2.45) is 0 Å². The molecule has 0 spiro atoms. The van der Waals surface area contributed by atoms with Crippen LogP contribution in [0.1, 0.15) is 39.3 Å². The number of rotatable bonds is 8. The molecule has 2 heterocycles. The van der Waals surface area contributed by atoms with Gasteiger partial charge in [-0.05, 0) is 42.5 Å². The highest BCUT2D eigenvalue weighted by atomic mass is 32.1. The maximum absolute atomic E-state index is 12.6. The van der Waals surface area contributed by atoms with Gasteiger partial charge in [0.15, 0.2) is 0 Å². The largest absolute Gasteiger partial charge is 0.486 e. The molecule has 0 N–H and O–H groups in total. The molecule has 136 valence electrons. The summed E-state index contributed by atoms with van der Waals surface area (Å²) in [7, 11) is 0. The van der Waals surface area contributed by atoms with Gasteiger partial charge in [-0.25, -0.2) is 4.98 Å². The van der Waals surface area contributed by atoms with Crippen LogP contribution in [0.2, 0.25) is 0 Å². The summed E-state index contributed by atoms with van der Waals surface area (Å²) in [5.74, 6) is 0.926. The van der Waals surface area contributed by atoms with Crippen LogP contribution in [-0.2, 0) is 13.2 Å². The summed E-state index contributed by atoms with van der Waals surface area (Å²) in [4.78, 5) is 19.9. The number of ether oxygens (including phenoxy) is 1. The van der Waals surface area contributed by atoms with Gasteiger partial charge in [0.25, 0.3) is 5.91 Å². The molecular formula is C20H22N2O2S2. The minimum absolute atomic E-state index is 0.0763. The summed E-state index contributed by atoms with van der Waals surface area (Å²) in [6, 6.07) is 11.8. The fraction of sp³-hybridized carbons (Fsp3) is 0.300. The molecule has 0 aliphatic carbocycles. The lowest BCUT2D eigenvalue weighted by molar-refractivity contribution is 0.0746.